The highest BCUT2D eigenvalue weighted by molar-refractivity contribution is 7.09. The molecule has 0 spiro atoms. The number of aliphatic imine (C=N–C) groups is 1. The molecule has 0 aliphatic rings. The molecule has 2 aromatic rings. The van der Waals surface area contributed by atoms with Crippen LogP contribution in [0.25, 0.3) is 0 Å². The zero-order valence-electron chi connectivity index (χ0n) is 17.8. The van der Waals surface area contributed by atoms with Crippen LogP contribution in [0.5, 0.6) is 11.5 Å². The van der Waals surface area contributed by atoms with E-state index >= 15 is 0 Å². The lowest BCUT2D eigenvalue weighted by molar-refractivity contribution is 0.119. The van der Waals surface area contributed by atoms with Crippen LogP contribution in [0.3, 0.4) is 0 Å². The average molecular weight is 441 g/mol. The number of guanidine groups is 1. The van der Waals surface area contributed by atoms with Gasteiger partial charge in [-0.1, -0.05) is 11.6 Å². The van der Waals surface area contributed by atoms with Crippen molar-refractivity contribution < 1.29 is 14.2 Å². The van der Waals surface area contributed by atoms with Gasteiger partial charge >= 0.3 is 0 Å². The Hall–Kier alpha value is -2.03. The van der Waals surface area contributed by atoms with Crippen LogP contribution in [0.2, 0.25) is 5.02 Å². The Kier molecular flexibility index (Phi) is 9.00. The number of methoxy groups -OCH3 is 2. The zero-order chi connectivity index (χ0) is 21.4. The molecule has 9 heteroatoms. The number of rotatable bonds is 9. The van der Waals surface area contributed by atoms with Crippen LogP contribution >= 0.6 is 22.9 Å². The topological polar surface area (TPSA) is 68.2 Å². The molecule has 29 heavy (non-hydrogen) atoms. The molecule has 1 aromatic carbocycles. The number of thiazole rings is 1. The van der Waals surface area contributed by atoms with Gasteiger partial charge in [0.25, 0.3) is 0 Å². The Morgan fingerprint density at radius 3 is 2.76 bits per heavy atom. The maximum atomic E-state index is 6.36. The molecule has 7 nitrogen and oxygen atoms in total. The van der Waals surface area contributed by atoms with Crippen LogP contribution in [0.15, 0.2) is 22.5 Å². The Labute approximate surface area is 181 Å². The largest absolute Gasteiger partial charge is 0.493 e. The SMILES string of the molecule is CCOc1c(Cl)cc(CNC(=NC)N(C)Cc2csc(C(C)OC)n2)cc1OC. The summed E-state index contributed by atoms with van der Waals surface area (Å²) in [5, 5.41) is 6.89. The molecule has 0 fully saturated rings. The van der Waals surface area contributed by atoms with Gasteiger partial charge in [0.1, 0.15) is 11.1 Å². The number of hydrogen-bond acceptors (Lipinski definition) is 6. The highest BCUT2D eigenvalue weighted by Crippen LogP contribution is 2.36. The van der Waals surface area contributed by atoms with Gasteiger partial charge in [0.15, 0.2) is 17.5 Å². The summed E-state index contributed by atoms with van der Waals surface area (Å²) >= 11 is 7.96. The fraction of sp³-hybridized carbons (Fsp3) is 0.500. The van der Waals surface area contributed by atoms with Gasteiger partial charge in [-0.3, -0.25) is 4.99 Å². The molecule has 1 aromatic heterocycles. The third-order valence-electron chi connectivity index (χ3n) is 4.27. The molecule has 0 bridgehead atoms. The van der Waals surface area contributed by atoms with E-state index in [2.05, 4.69) is 15.3 Å². The monoisotopic (exact) mass is 440 g/mol. The average Bonchev–Trinajstić information content (AvgIpc) is 3.18. The molecule has 1 unspecified atom stereocenters. The van der Waals surface area contributed by atoms with Crippen molar-refractivity contribution in [2.24, 2.45) is 4.99 Å². The third kappa shape index (κ3) is 6.22. The second kappa shape index (κ2) is 11.2. The van der Waals surface area contributed by atoms with E-state index < -0.39 is 0 Å². The fourth-order valence-corrected chi connectivity index (χ4v) is 3.86. The fourth-order valence-electron chi connectivity index (χ4n) is 2.73. The van der Waals surface area contributed by atoms with Crippen LogP contribution in [0, 0.1) is 0 Å². The van der Waals surface area contributed by atoms with Crippen LogP contribution in [0.1, 0.15) is 36.2 Å². The summed E-state index contributed by atoms with van der Waals surface area (Å²) in [7, 11) is 7.01. The van der Waals surface area contributed by atoms with Gasteiger partial charge < -0.3 is 24.4 Å². The molecule has 0 amide bonds. The molecule has 1 N–H and O–H groups in total. The Morgan fingerprint density at radius 2 is 2.14 bits per heavy atom. The molecule has 0 radical (unpaired) electrons. The summed E-state index contributed by atoms with van der Waals surface area (Å²) in [6, 6.07) is 3.78. The van der Waals surface area contributed by atoms with E-state index in [1.54, 1.807) is 32.6 Å². The summed E-state index contributed by atoms with van der Waals surface area (Å²) in [5.74, 6) is 1.93. The maximum absolute atomic E-state index is 6.36. The highest BCUT2D eigenvalue weighted by atomic mass is 35.5. The molecular weight excluding hydrogens is 412 g/mol. The summed E-state index contributed by atoms with van der Waals surface area (Å²) in [5.41, 5.74) is 1.94. The van der Waals surface area contributed by atoms with Gasteiger partial charge in [-0.15, -0.1) is 11.3 Å². The Bertz CT molecular complexity index is 828. The van der Waals surface area contributed by atoms with Gasteiger partial charge in [0, 0.05) is 33.1 Å². The van der Waals surface area contributed by atoms with E-state index in [4.69, 9.17) is 25.8 Å². The van der Waals surface area contributed by atoms with Gasteiger partial charge in [0.05, 0.1) is 31.0 Å². The minimum absolute atomic E-state index is 0.00381. The van der Waals surface area contributed by atoms with Crippen molar-refractivity contribution in [2.75, 3.05) is 34.9 Å². The third-order valence-corrected chi connectivity index (χ3v) is 5.61. The molecule has 1 heterocycles. The summed E-state index contributed by atoms with van der Waals surface area (Å²) in [6.07, 6.45) is -0.00381. The maximum Gasteiger partial charge on any atom is 0.194 e. The summed E-state index contributed by atoms with van der Waals surface area (Å²) < 4.78 is 16.3. The molecule has 1 atom stereocenters. The standard InChI is InChI=1S/C20H29ClN4O3S/c1-7-28-18-16(21)8-14(9-17(18)27-6)10-23-20(22-3)25(4)11-15-12-29-19(24-15)13(2)26-5/h8-9,12-13H,7,10-11H2,1-6H3,(H,22,23). The molecular formula is C20H29ClN4O3S. The highest BCUT2D eigenvalue weighted by Gasteiger charge is 2.14. The molecule has 0 saturated heterocycles. The molecule has 0 aliphatic carbocycles. The molecule has 2 rings (SSSR count). The first-order valence-corrected chi connectivity index (χ1v) is 10.6. The number of nitrogens with zero attached hydrogens (tertiary/aromatic N) is 3. The second-order valence-electron chi connectivity index (χ2n) is 6.35. The molecule has 160 valence electrons. The van der Waals surface area contributed by atoms with Crippen molar-refractivity contribution >= 4 is 28.9 Å². The summed E-state index contributed by atoms with van der Waals surface area (Å²) in [4.78, 5) is 11.0. The van der Waals surface area contributed by atoms with Crippen molar-refractivity contribution in [2.45, 2.75) is 33.0 Å². The van der Waals surface area contributed by atoms with E-state index in [0.29, 0.717) is 36.2 Å². The van der Waals surface area contributed by atoms with Crippen molar-refractivity contribution in [1.82, 2.24) is 15.2 Å². The molecule has 0 aliphatic heterocycles. The van der Waals surface area contributed by atoms with E-state index in [9.17, 15) is 0 Å². The molecule has 0 saturated carbocycles. The van der Waals surface area contributed by atoms with Crippen LogP contribution in [-0.2, 0) is 17.8 Å². The number of hydrogen-bond donors (Lipinski definition) is 1. The quantitative estimate of drug-likeness (QED) is 0.467. The number of ether oxygens (including phenoxy) is 3. The van der Waals surface area contributed by atoms with Crippen molar-refractivity contribution in [3.63, 3.8) is 0 Å². The first-order chi connectivity index (χ1) is 13.9. The number of aromatic nitrogens is 1. The minimum Gasteiger partial charge on any atom is -0.493 e. The number of benzene rings is 1. The van der Waals surface area contributed by atoms with E-state index in [0.717, 1.165) is 22.2 Å². The lowest BCUT2D eigenvalue weighted by Gasteiger charge is -2.21. The van der Waals surface area contributed by atoms with Gasteiger partial charge in [-0.2, -0.15) is 0 Å². The van der Waals surface area contributed by atoms with Crippen LogP contribution in [0.4, 0.5) is 0 Å². The van der Waals surface area contributed by atoms with Gasteiger partial charge in [-0.05, 0) is 31.5 Å². The first-order valence-electron chi connectivity index (χ1n) is 9.31. The normalized spacial score (nSPS) is 12.6. The Balaban J connectivity index is 2.03. The number of halogens is 1. The summed E-state index contributed by atoms with van der Waals surface area (Å²) in [6.45, 7) is 5.60. The minimum atomic E-state index is -0.00381. The predicted octanol–water partition coefficient (Wildman–Crippen LogP) is 4.12. The van der Waals surface area contributed by atoms with E-state index in [1.165, 1.54) is 0 Å². The van der Waals surface area contributed by atoms with Crippen molar-refractivity contribution in [1.29, 1.82) is 0 Å². The Morgan fingerprint density at radius 1 is 1.38 bits per heavy atom. The van der Waals surface area contributed by atoms with Crippen LogP contribution in [-0.4, -0.2) is 50.8 Å². The lowest BCUT2D eigenvalue weighted by atomic mass is 10.2. The van der Waals surface area contributed by atoms with Gasteiger partial charge in [-0.25, -0.2) is 4.98 Å². The smallest absolute Gasteiger partial charge is 0.194 e. The van der Waals surface area contributed by atoms with Crippen molar-refractivity contribution in [3.8, 4) is 11.5 Å². The first kappa shape index (κ1) is 23.3. The number of nitrogens with one attached hydrogen (secondary N) is 1. The van der Waals surface area contributed by atoms with E-state index in [-0.39, 0.29) is 6.10 Å². The van der Waals surface area contributed by atoms with Crippen molar-refractivity contribution in [3.05, 3.63) is 38.8 Å². The van der Waals surface area contributed by atoms with E-state index in [1.807, 2.05) is 43.3 Å². The lowest BCUT2D eigenvalue weighted by Crippen LogP contribution is -2.38. The second-order valence-corrected chi connectivity index (χ2v) is 7.65. The predicted molar refractivity (Wildman–Crippen MR) is 118 cm³/mol. The van der Waals surface area contributed by atoms with Gasteiger partial charge in [0.2, 0.25) is 0 Å². The van der Waals surface area contributed by atoms with Crippen LogP contribution < -0.4 is 14.8 Å². The zero-order valence-corrected chi connectivity index (χ0v) is 19.4.